The summed E-state index contributed by atoms with van der Waals surface area (Å²) in [5.74, 6) is 0.0475. The van der Waals surface area contributed by atoms with Gasteiger partial charge in [0.05, 0.1) is 17.9 Å². The Kier molecular flexibility index (Phi) is 7.47. The van der Waals surface area contributed by atoms with Gasteiger partial charge in [-0.05, 0) is 29.8 Å². The normalized spacial score (nSPS) is 10.5. The fourth-order valence-corrected chi connectivity index (χ4v) is 4.09. The van der Waals surface area contributed by atoms with Crippen molar-refractivity contribution in [3.63, 3.8) is 0 Å². The van der Waals surface area contributed by atoms with Crippen molar-refractivity contribution in [3.8, 4) is 0 Å². The summed E-state index contributed by atoms with van der Waals surface area (Å²) in [6.07, 6.45) is 0.223. The molecular weight excluding hydrogens is 414 g/mol. The molecule has 0 saturated carbocycles. The first kappa shape index (κ1) is 20.4. The molecule has 2 amide bonds. The number of carbonyl (C=O) groups is 2. The van der Waals surface area contributed by atoms with Crippen LogP contribution in [-0.2, 0) is 22.6 Å². The standard InChI is InChI=1S/C20H18ClN3O2S2/c21-15-6-8-16(9-7-15)23-19(26)13-28-20-24-17(12-27-20)10-18(25)22-11-14-4-2-1-3-5-14/h1-9,12H,10-11,13H2,(H,22,25)(H,23,26). The van der Waals surface area contributed by atoms with Crippen LogP contribution in [0.25, 0.3) is 0 Å². The summed E-state index contributed by atoms with van der Waals surface area (Å²) >= 11 is 8.60. The van der Waals surface area contributed by atoms with Gasteiger partial charge in [0, 0.05) is 22.6 Å². The lowest BCUT2D eigenvalue weighted by atomic mass is 10.2. The summed E-state index contributed by atoms with van der Waals surface area (Å²) in [6.45, 7) is 0.496. The summed E-state index contributed by atoms with van der Waals surface area (Å²) < 4.78 is 0.761. The summed E-state index contributed by atoms with van der Waals surface area (Å²) in [5.41, 5.74) is 2.46. The lowest BCUT2D eigenvalue weighted by Gasteiger charge is -2.04. The SMILES string of the molecule is O=C(Cc1csc(SCC(=O)Nc2ccc(Cl)cc2)n1)NCc1ccccc1. The average molecular weight is 432 g/mol. The largest absolute Gasteiger partial charge is 0.352 e. The molecule has 144 valence electrons. The van der Waals surface area contributed by atoms with Gasteiger partial charge in [0.1, 0.15) is 0 Å². The fourth-order valence-electron chi connectivity index (χ4n) is 2.32. The van der Waals surface area contributed by atoms with E-state index in [1.807, 2.05) is 35.7 Å². The lowest BCUT2D eigenvalue weighted by Crippen LogP contribution is -2.24. The van der Waals surface area contributed by atoms with Gasteiger partial charge in [0.25, 0.3) is 0 Å². The maximum absolute atomic E-state index is 12.1. The molecule has 0 atom stereocenters. The second-order valence-corrected chi connectivity index (χ2v) is 8.40. The molecule has 5 nitrogen and oxygen atoms in total. The highest BCUT2D eigenvalue weighted by Gasteiger charge is 2.10. The van der Waals surface area contributed by atoms with Gasteiger partial charge in [-0.2, -0.15) is 0 Å². The van der Waals surface area contributed by atoms with Gasteiger partial charge in [0.2, 0.25) is 11.8 Å². The molecule has 8 heteroatoms. The predicted molar refractivity (Wildman–Crippen MR) is 115 cm³/mol. The lowest BCUT2D eigenvalue weighted by molar-refractivity contribution is -0.120. The Balaban J connectivity index is 1.41. The van der Waals surface area contributed by atoms with Crippen LogP contribution in [0.5, 0.6) is 0 Å². The Bertz CT molecular complexity index is 930. The monoisotopic (exact) mass is 431 g/mol. The molecule has 3 rings (SSSR count). The van der Waals surface area contributed by atoms with E-state index in [-0.39, 0.29) is 24.0 Å². The summed E-state index contributed by atoms with van der Waals surface area (Å²) in [6, 6.07) is 16.7. The van der Waals surface area contributed by atoms with Crippen LogP contribution in [-0.4, -0.2) is 22.6 Å². The molecule has 1 heterocycles. The van der Waals surface area contributed by atoms with Gasteiger partial charge in [0.15, 0.2) is 4.34 Å². The number of carbonyl (C=O) groups excluding carboxylic acids is 2. The second kappa shape index (κ2) is 10.3. The van der Waals surface area contributed by atoms with E-state index in [0.29, 0.717) is 22.9 Å². The van der Waals surface area contributed by atoms with Crippen LogP contribution in [0.1, 0.15) is 11.3 Å². The van der Waals surface area contributed by atoms with E-state index in [1.54, 1.807) is 24.3 Å². The fraction of sp³-hybridized carbons (Fsp3) is 0.150. The molecule has 28 heavy (non-hydrogen) atoms. The van der Waals surface area contributed by atoms with Gasteiger partial charge >= 0.3 is 0 Å². The number of hydrogen-bond acceptors (Lipinski definition) is 5. The minimum absolute atomic E-state index is 0.0776. The molecule has 0 radical (unpaired) electrons. The smallest absolute Gasteiger partial charge is 0.234 e. The molecule has 0 unspecified atom stereocenters. The molecule has 0 saturated heterocycles. The van der Waals surface area contributed by atoms with E-state index >= 15 is 0 Å². The molecule has 0 spiro atoms. The minimum atomic E-state index is -0.121. The van der Waals surface area contributed by atoms with E-state index in [1.165, 1.54) is 23.1 Å². The van der Waals surface area contributed by atoms with Crippen molar-refractivity contribution in [2.75, 3.05) is 11.1 Å². The number of thiazole rings is 1. The molecule has 0 aliphatic rings. The van der Waals surface area contributed by atoms with Crippen LogP contribution in [0.3, 0.4) is 0 Å². The molecular formula is C20H18ClN3O2S2. The first-order valence-corrected chi connectivity index (χ1v) is 10.8. The highest BCUT2D eigenvalue weighted by Crippen LogP contribution is 2.23. The minimum Gasteiger partial charge on any atom is -0.352 e. The highest BCUT2D eigenvalue weighted by atomic mass is 35.5. The first-order chi connectivity index (χ1) is 13.6. The zero-order valence-corrected chi connectivity index (χ0v) is 17.2. The van der Waals surface area contributed by atoms with E-state index in [9.17, 15) is 9.59 Å². The van der Waals surface area contributed by atoms with Crippen molar-refractivity contribution in [1.82, 2.24) is 10.3 Å². The molecule has 1 aromatic heterocycles. The number of benzene rings is 2. The number of thioether (sulfide) groups is 1. The third-order valence-electron chi connectivity index (χ3n) is 3.66. The molecule has 2 N–H and O–H groups in total. The molecule has 0 aliphatic heterocycles. The van der Waals surface area contributed by atoms with Crippen LogP contribution in [0, 0.1) is 0 Å². The molecule has 0 aliphatic carbocycles. The second-order valence-electron chi connectivity index (χ2n) is 5.89. The van der Waals surface area contributed by atoms with Crippen LogP contribution in [0.15, 0.2) is 64.3 Å². The Hall–Kier alpha value is -2.35. The summed E-state index contributed by atoms with van der Waals surface area (Å²) in [4.78, 5) is 28.5. The molecule has 3 aromatic rings. The van der Waals surface area contributed by atoms with Gasteiger partial charge in [-0.15, -0.1) is 11.3 Å². The van der Waals surface area contributed by atoms with Gasteiger partial charge in [-0.25, -0.2) is 4.98 Å². The van der Waals surface area contributed by atoms with Crippen LogP contribution in [0.2, 0.25) is 5.02 Å². The van der Waals surface area contributed by atoms with E-state index in [4.69, 9.17) is 11.6 Å². The summed E-state index contributed by atoms with van der Waals surface area (Å²) in [5, 5.41) is 8.16. The number of aromatic nitrogens is 1. The number of hydrogen-bond donors (Lipinski definition) is 2. The van der Waals surface area contributed by atoms with Crippen molar-refractivity contribution in [2.45, 2.75) is 17.3 Å². The van der Waals surface area contributed by atoms with Crippen molar-refractivity contribution in [1.29, 1.82) is 0 Å². The van der Waals surface area contributed by atoms with Crippen molar-refractivity contribution < 1.29 is 9.59 Å². The molecule has 0 fully saturated rings. The third-order valence-corrected chi connectivity index (χ3v) is 5.98. The van der Waals surface area contributed by atoms with Crippen LogP contribution in [0.4, 0.5) is 5.69 Å². The Labute approximate surface area is 176 Å². The maximum atomic E-state index is 12.1. The maximum Gasteiger partial charge on any atom is 0.234 e. The third kappa shape index (κ3) is 6.67. The van der Waals surface area contributed by atoms with Gasteiger partial charge < -0.3 is 10.6 Å². The zero-order valence-electron chi connectivity index (χ0n) is 14.9. The first-order valence-electron chi connectivity index (χ1n) is 8.52. The average Bonchev–Trinajstić information content (AvgIpc) is 3.15. The van der Waals surface area contributed by atoms with E-state index < -0.39 is 0 Å². The Morgan fingerprint density at radius 3 is 2.54 bits per heavy atom. The van der Waals surface area contributed by atoms with Crippen molar-refractivity contribution >= 4 is 52.2 Å². The quantitative estimate of drug-likeness (QED) is 0.519. The number of nitrogens with zero attached hydrogens (tertiary/aromatic N) is 1. The topological polar surface area (TPSA) is 71.1 Å². The molecule has 0 bridgehead atoms. The Morgan fingerprint density at radius 1 is 1.04 bits per heavy atom. The van der Waals surface area contributed by atoms with Crippen molar-refractivity contribution in [3.05, 3.63) is 76.3 Å². The zero-order chi connectivity index (χ0) is 19.8. The number of anilines is 1. The number of halogens is 1. The van der Waals surface area contributed by atoms with Gasteiger partial charge in [-0.1, -0.05) is 53.7 Å². The van der Waals surface area contributed by atoms with E-state index in [0.717, 1.165) is 9.90 Å². The van der Waals surface area contributed by atoms with Crippen LogP contribution < -0.4 is 10.6 Å². The van der Waals surface area contributed by atoms with E-state index in [2.05, 4.69) is 15.6 Å². The molecule has 2 aromatic carbocycles. The number of nitrogens with one attached hydrogen (secondary N) is 2. The summed E-state index contributed by atoms with van der Waals surface area (Å²) in [7, 11) is 0. The van der Waals surface area contributed by atoms with Gasteiger partial charge in [-0.3, -0.25) is 9.59 Å². The predicted octanol–water partition coefficient (Wildman–Crippen LogP) is 4.39. The number of amides is 2. The van der Waals surface area contributed by atoms with Crippen molar-refractivity contribution in [2.24, 2.45) is 0 Å². The highest BCUT2D eigenvalue weighted by molar-refractivity contribution is 8.01. The number of rotatable bonds is 8. The van der Waals surface area contributed by atoms with Crippen LogP contribution >= 0.6 is 34.7 Å². The Morgan fingerprint density at radius 2 is 1.79 bits per heavy atom.